The lowest BCUT2D eigenvalue weighted by atomic mass is 10.2. The zero-order valence-electron chi connectivity index (χ0n) is 10.4. The minimum absolute atomic E-state index is 0.0337. The lowest BCUT2D eigenvalue weighted by molar-refractivity contribution is 0.592. The first-order valence-electron chi connectivity index (χ1n) is 5.52. The van der Waals surface area contributed by atoms with Crippen molar-refractivity contribution in [3.05, 3.63) is 52.5 Å². The average Bonchev–Trinajstić information content (AvgIpc) is 2.40. The van der Waals surface area contributed by atoms with Crippen LogP contribution in [0.4, 0.5) is 10.1 Å². The Bertz CT molecular complexity index is 812. The maximum Gasteiger partial charge on any atom is 0.263 e. The lowest BCUT2D eigenvalue weighted by Crippen LogP contribution is -2.18. The zero-order valence-corrected chi connectivity index (χ0v) is 13.6. The van der Waals surface area contributed by atoms with Crippen LogP contribution in [0.25, 0.3) is 0 Å². The molecule has 2 aromatic rings. The van der Waals surface area contributed by atoms with Gasteiger partial charge in [0, 0.05) is 16.2 Å². The Balaban J connectivity index is 2.44. The number of rotatable bonds is 4. The number of nitrogens with one attached hydrogen (secondary N) is 1. The number of halogens is 2. The summed E-state index contributed by atoms with van der Waals surface area (Å²) in [5.74, 6) is -0.747. The molecule has 0 saturated carbocycles. The van der Waals surface area contributed by atoms with Gasteiger partial charge in [-0.1, -0.05) is 28.1 Å². The Labute approximate surface area is 134 Å². The number of nitrogens with zero attached hydrogens (tertiary/aromatic N) is 1. The van der Waals surface area contributed by atoms with Crippen molar-refractivity contribution in [2.45, 2.75) is 4.90 Å². The highest BCUT2D eigenvalue weighted by atomic mass is 79.9. The molecule has 0 radical (unpaired) electrons. The van der Waals surface area contributed by atoms with Crippen LogP contribution >= 0.6 is 28.1 Å². The molecular formula is C12H9BrFN3O2S2. The Morgan fingerprint density at radius 2 is 2.05 bits per heavy atom. The van der Waals surface area contributed by atoms with Crippen molar-refractivity contribution in [2.75, 3.05) is 4.72 Å². The van der Waals surface area contributed by atoms with Crippen LogP contribution in [0.3, 0.4) is 0 Å². The van der Waals surface area contributed by atoms with E-state index in [-0.39, 0.29) is 15.6 Å². The third-order valence-electron chi connectivity index (χ3n) is 2.48. The molecule has 5 nitrogen and oxygen atoms in total. The quantitative estimate of drug-likeness (QED) is 0.784. The van der Waals surface area contributed by atoms with E-state index in [9.17, 15) is 12.8 Å². The van der Waals surface area contributed by atoms with Gasteiger partial charge in [-0.05, 0) is 24.3 Å². The van der Waals surface area contributed by atoms with Crippen LogP contribution in [0.2, 0.25) is 0 Å². The Kier molecular flexibility index (Phi) is 4.55. The van der Waals surface area contributed by atoms with E-state index in [2.05, 4.69) is 25.6 Å². The highest BCUT2D eigenvalue weighted by Gasteiger charge is 2.18. The number of pyridine rings is 1. The number of aromatic nitrogens is 1. The smallest absolute Gasteiger partial charge is 0.263 e. The van der Waals surface area contributed by atoms with Gasteiger partial charge in [0.25, 0.3) is 10.0 Å². The summed E-state index contributed by atoms with van der Waals surface area (Å²) in [6, 6.07) is 5.59. The van der Waals surface area contributed by atoms with Gasteiger partial charge in [0.15, 0.2) is 0 Å². The molecule has 1 aromatic heterocycles. The van der Waals surface area contributed by atoms with E-state index >= 15 is 0 Å². The van der Waals surface area contributed by atoms with E-state index in [1.54, 1.807) is 12.1 Å². The molecule has 3 N–H and O–H groups in total. The van der Waals surface area contributed by atoms with Gasteiger partial charge in [0.2, 0.25) is 0 Å². The first kappa shape index (κ1) is 15.8. The van der Waals surface area contributed by atoms with Crippen molar-refractivity contribution < 1.29 is 12.8 Å². The van der Waals surface area contributed by atoms with Crippen molar-refractivity contribution in [1.29, 1.82) is 0 Å². The minimum atomic E-state index is -3.99. The maximum atomic E-state index is 13.1. The fourth-order valence-electron chi connectivity index (χ4n) is 1.55. The first-order chi connectivity index (χ1) is 9.79. The SMILES string of the molecule is NC(=S)c1cc(Br)ccc1NS(=O)(=O)c1cncc(F)c1. The molecule has 0 aliphatic rings. The molecule has 1 aromatic carbocycles. The topological polar surface area (TPSA) is 85.1 Å². The monoisotopic (exact) mass is 389 g/mol. The predicted octanol–water partition coefficient (Wildman–Crippen LogP) is 2.42. The molecule has 1 heterocycles. The van der Waals surface area contributed by atoms with Crippen LogP contribution in [0.1, 0.15) is 5.56 Å². The molecule has 0 aliphatic heterocycles. The van der Waals surface area contributed by atoms with Gasteiger partial charge in [0.1, 0.15) is 15.7 Å². The maximum absolute atomic E-state index is 13.1. The summed E-state index contributed by atoms with van der Waals surface area (Å²) in [5.41, 5.74) is 6.13. The average molecular weight is 390 g/mol. The molecule has 0 atom stereocenters. The molecule has 2 rings (SSSR count). The Morgan fingerprint density at radius 3 is 2.67 bits per heavy atom. The van der Waals surface area contributed by atoms with E-state index in [1.807, 2.05) is 0 Å². The predicted molar refractivity (Wildman–Crippen MR) is 85.0 cm³/mol. The summed E-state index contributed by atoms with van der Waals surface area (Å²) in [6.07, 6.45) is 1.96. The molecule has 0 spiro atoms. The molecule has 0 unspecified atom stereocenters. The van der Waals surface area contributed by atoms with Crippen molar-refractivity contribution >= 4 is 48.8 Å². The van der Waals surface area contributed by atoms with Gasteiger partial charge in [-0.3, -0.25) is 9.71 Å². The van der Waals surface area contributed by atoms with Crippen LogP contribution in [0, 0.1) is 5.82 Å². The van der Waals surface area contributed by atoms with Crippen LogP contribution in [-0.2, 0) is 10.0 Å². The summed E-state index contributed by atoms with van der Waals surface area (Å²) in [4.78, 5) is 3.25. The number of thiocarbonyl (C=S) groups is 1. The standard InChI is InChI=1S/C12H9BrFN3O2S2/c13-7-1-2-11(10(3-7)12(15)20)17-21(18,19)9-4-8(14)5-16-6-9/h1-6,17H,(H2,15,20). The summed E-state index contributed by atoms with van der Waals surface area (Å²) in [6.45, 7) is 0. The van der Waals surface area contributed by atoms with Gasteiger partial charge in [-0.15, -0.1) is 0 Å². The number of nitrogens with two attached hydrogens (primary N) is 1. The Morgan fingerprint density at radius 1 is 1.33 bits per heavy atom. The minimum Gasteiger partial charge on any atom is -0.389 e. The van der Waals surface area contributed by atoms with E-state index < -0.39 is 15.8 Å². The second-order valence-corrected chi connectivity index (χ2v) is 7.04. The van der Waals surface area contributed by atoms with Crippen LogP contribution in [0.5, 0.6) is 0 Å². The molecule has 0 aliphatic carbocycles. The zero-order chi connectivity index (χ0) is 15.6. The summed E-state index contributed by atoms with van der Waals surface area (Å²) in [7, 11) is -3.99. The van der Waals surface area contributed by atoms with Crippen LogP contribution < -0.4 is 10.5 Å². The number of anilines is 1. The molecule has 9 heteroatoms. The molecule has 0 amide bonds. The van der Waals surface area contributed by atoms with E-state index in [4.69, 9.17) is 18.0 Å². The van der Waals surface area contributed by atoms with Crippen molar-refractivity contribution in [3.8, 4) is 0 Å². The van der Waals surface area contributed by atoms with E-state index in [0.29, 0.717) is 10.0 Å². The van der Waals surface area contributed by atoms with Gasteiger partial charge < -0.3 is 5.73 Å². The van der Waals surface area contributed by atoms with Gasteiger partial charge in [0.05, 0.1) is 11.9 Å². The molecule has 0 saturated heterocycles. The summed E-state index contributed by atoms with van der Waals surface area (Å²) < 4.78 is 40.5. The van der Waals surface area contributed by atoms with Crippen molar-refractivity contribution in [2.24, 2.45) is 5.73 Å². The van der Waals surface area contributed by atoms with Crippen LogP contribution in [0.15, 0.2) is 46.0 Å². The van der Waals surface area contributed by atoms with Gasteiger partial charge >= 0.3 is 0 Å². The second-order valence-electron chi connectivity index (χ2n) is 4.00. The fraction of sp³-hybridized carbons (Fsp3) is 0. The third kappa shape index (κ3) is 3.74. The Hall–Kier alpha value is -1.58. The van der Waals surface area contributed by atoms with Gasteiger partial charge in [-0.25, -0.2) is 12.8 Å². The molecule has 21 heavy (non-hydrogen) atoms. The summed E-state index contributed by atoms with van der Waals surface area (Å²) >= 11 is 8.13. The first-order valence-corrected chi connectivity index (χ1v) is 8.21. The highest BCUT2D eigenvalue weighted by molar-refractivity contribution is 9.10. The normalized spacial score (nSPS) is 11.1. The van der Waals surface area contributed by atoms with Crippen molar-refractivity contribution in [1.82, 2.24) is 4.98 Å². The highest BCUT2D eigenvalue weighted by Crippen LogP contribution is 2.24. The second kappa shape index (κ2) is 6.04. The van der Waals surface area contributed by atoms with E-state index in [1.165, 1.54) is 6.07 Å². The van der Waals surface area contributed by atoms with E-state index in [0.717, 1.165) is 18.5 Å². The largest absolute Gasteiger partial charge is 0.389 e. The third-order valence-corrected chi connectivity index (χ3v) is 4.53. The van der Waals surface area contributed by atoms with Gasteiger partial charge in [-0.2, -0.15) is 0 Å². The van der Waals surface area contributed by atoms with Crippen LogP contribution in [-0.4, -0.2) is 18.4 Å². The van der Waals surface area contributed by atoms with Crippen molar-refractivity contribution in [3.63, 3.8) is 0 Å². The molecule has 110 valence electrons. The molecule has 0 fully saturated rings. The number of sulfonamides is 1. The summed E-state index contributed by atoms with van der Waals surface area (Å²) in [5, 5.41) is 0. The number of hydrogen-bond donors (Lipinski definition) is 2. The number of benzene rings is 1. The molecule has 0 bridgehead atoms. The number of hydrogen-bond acceptors (Lipinski definition) is 4. The lowest BCUT2D eigenvalue weighted by Gasteiger charge is -2.12. The fourth-order valence-corrected chi connectivity index (χ4v) is 3.14. The molecular weight excluding hydrogens is 381 g/mol.